The number of likely N-dealkylation sites (N-methyl/N-ethyl adjacent to an activating group) is 1. The van der Waals surface area contributed by atoms with Crippen molar-refractivity contribution in [2.24, 2.45) is 10.7 Å². The molecule has 0 aliphatic rings. The molecule has 3 aromatic rings. The number of nitrogens with two attached hydrogens (primary N) is 1. The molecule has 3 N–H and O–H groups in total. The number of amides is 1. The molecule has 0 saturated carbocycles. The van der Waals surface area contributed by atoms with Gasteiger partial charge in [-0.15, -0.1) is 0 Å². The van der Waals surface area contributed by atoms with E-state index in [1.54, 1.807) is 61.8 Å². The number of aryl methyl sites for hydroxylation is 1. The zero-order valence-corrected chi connectivity index (χ0v) is 24.7. The molecule has 41 heavy (non-hydrogen) atoms. The SMILES string of the molecule is COCCN(C)C(=O)c1ccc2nccc(Oc3cc(F)c(CCOCN/C(C=NC(C)(C)C)=C/N)cc3C)c2c1. The summed E-state index contributed by atoms with van der Waals surface area (Å²) in [5.41, 5.74) is 8.51. The number of benzene rings is 2. The third-order valence-corrected chi connectivity index (χ3v) is 6.15. The summed E-state index contributed by atoms with van der Waals surface area (Å²) in [5, 5.41) is 3.70. The molecule has 0 spiro atoms. The number of nitrogens with zero attached hydrogens (tertiary/aromatic N) is 3. The predicted octanol–water partition coefficient (Wildman–Crippen LogP) is 4.97. The Morgan fingerprint density at radius 1 is 1.17 bits per heavy atom. The van der Waals surface area contributed by atoms with Gasteiger partial charge in [-0.3, -0.25) is 14.8 Å². The molecule has 0 aliphatic heterocycles. The lowest BCUT2D eigenvalue weighted by molar-refractivity contribution is 0.0744. The lowest BCUT2D eigenvalue weighted by Crippen LogP contribution is -2.29. The fourth-order valence-corrected chi connectivity index (χ4v) is 3.84. The minimum absolute atomic E-state index is 0.143. The van der Waals surface area contributed by atoms with Crippen molar-refractivity contribution in [1.29, 1.82) is 0 Å². The number of allylic oxidation sites excluding steroid dienone is 1. The van der Waals surface area contributed by atoms with E-state index in [9.17, 15) is 4.79 Å². The maximum atomic E-state index is 15.0. The van der Waals surface area contributed by atoms with Gasteiger partial charge in [-0.05, 0) is 75.6 Å². The van der Waals surface area contributed by atoms with E-state index in [0.29, 0.717) is 65.4 Å². The summed E-state index contributed by atoms with van der Waals surface area (Å²) < 4.78 is 31.9. The van der Waals surface area contributed by atoms with Crippen molar-refractivity contribution in [3.05, 3.63) is 77.0 Å². The molecule has 10 heteroatoms. The van der Waals surface area contributed by atoms with E-state index in [2.05, 4.69) is 15.3 Å². The topological polar surface area (TPSA) is 111 Å². The average molecular weight is 566 g/mol. The number of hydrogen-bond acceptors (Lipinski definition) is 8. The highest BCUT2D eigenvalue weighted by molar-refractivity contribution is 5.99. The number of carbonyl (C=O) groups excluding carboxylic acids is 1. The van der Waals surface area contributed by atoms with Gasteiger partial charge in [0, 0.05) is 56.3 Å². The Hall–Kier alpha value is -4.02. The molecule has 3 rings (SSSR count). The van der Waals surface area contributed by atoms with Crippen molar-refractivity contribution < 1.29 is 23.4 Å². The molecule has 0 saturated heterocycles. The van der Waals surface area contributed by atoms with Gasteiger partial charge < -0.3 is 30.2 Å². The zero-order chi connectivity index (χ0) is 30.0. The summed E-state index contributed by atoms with van der Waals surface area (Å²) in [7, 11) is 3.31. The van der Waals surface area contributed by atoms with Gasteiger partial charge in [0.2, 0.25) is 0 Å². The number of aromatic nitrogens is 1. The first-order valence-electron chi connectivity index (χ1n) is 13.4. The Kier molecular flexibility index (Phi) is 11.2. The van der Waals surface area contributed by atoms with E-state index >= 15 is 4.39 Å². The monoisotopic (exact) mass is 565 g/mol. The minimum atomic E-state index is -0.393. The summed E-state index contributed by atoms with van der Waals surface area (Å²) in [6, 6.07) is 10.1. The Balaban J connectivity index is 1.66. The maximum absolute atomic E-state index is 15.0. The number of ether oxygens (including phenoxy) is 3. The Labute approximate surface area is 241 Å². The first-order chi connectivity index (χ1) is 19.5. The fourth-order valence-electron chi connectivity index (χ4n) is 3.84. The molecule has 0 bridgehead atoms. The Morgan fingerprint density at radius 3 is 2.66 bits per heavy atom. The molecule has 0 fully saturated rings. The van der Waals surface area contributed by atoms with Gasteiger partial charge in [-0.25, -0.2) is 4.39 Å². The van der Waals surface area contributed by atoms with Crippen LogP contribution in [-0.2, 0) is 15.9 Å². The molecule has 220 valence electrons. The summed E-state index contributed by atoms with van der Waals surface area (Å²) in [4.78, 5) is 23.2. The number of hydrogen-bond donors (Lipinski definition) is 2. The Bertz CT molecular complexity index is 1400. The summed E-state index contributed by atoms with van der Waals surface area (Å²) in [6.45, 7) is 9.25. The van der Waals surface area contributed by atoms with Gasteiger partial charge >= 0.3 is 0 Å². The summed E-state index contributed by atoms with van der Waals surface area (Å²) >= 11 is 0. The molecular weight excluding hydrogens is 525 g/mol. The number of halogens is 1. The lowest BCUT2D eigenvalue weighted by Gasteiger charge is -2.17. The van der Waals surface area contributed by atoms with E-state index in [4.69, 9.17) is 19.9 Å². The highest BCUT2D eigenvalue weighted by Gasteiger charge is 2.16. The van der Waals surface area contributed by atoms with E-state index in [-0.39, 0.29) is 18.2 Å². The maximum Gasteiger partial charge on any atom is 0.253 e. The quantitative estimate of drug-likeness (QED) is 0.171. The third kappa shape index (κ3) is 9.26. The van der Waals surface area contributed by atoms with Crippen LogP contribution in [0.4, 0.5) is 4.39 Å². The molecule has 1 heterocycles. The van der Waals surface area contributed by atoms with Gasteiger partial charge in [0.1, 0.15) is 24.0 Å². The number of nitrogens with one attached hydrogen (secondary N) is 1. The van der Waals surface area contributed by atoms with Crippen molar-refractivity contribution in [2.75, 3.05) is 40.6 Å². The molecule has 1 amide bonds. The highest BCUT2D eigenvalue weighted by atomic mass is 19.1. The van der Waals surface area contributed by atoms with E-state index in [1.807, 2.05) is 27.7 Å². The number of methoxy groups -OCH3 is 1. The molecule has 0 radical (unpaired) electrons. The number of rotatable bonds is 13. The number of pyridine rings is 1. The van der Waals surface area contributed by atoms with Crippen LogP contribution in [0.25, 0.3) is 10.9 Å². The molecule has 1 aromatic heterocycles. The van der Waals surface area contributed by atoms with Gasteiger partial charge in [-0.2, -0.15) is 0 Å². The number of fused-ring (bicyclic) bond motifs is 1. The van der Waals surface area contributed by atoms with Crippen LogP contribution in [0, 0.1) is 12.7 Å². The first kappa shape index (κ1) is 31.5. The van der Waals surface area contributed by atoms with Crippen LogP contribution in [0.1, 0.15) is 42.3 Å². The highest BCUT2D eigenvalue weighted by Crippen LogP contribution is 2.33. The molecule has 2 aromatic carbocycles. The summed E-state index contributed by atoms with van der Waals surface area (Å²) in [6.07, 6.45) is 5.09. The van der Waals surface area contributed by atoms with Crippen LogP contribution in [0.2, 0.25) is 0 Å². The Morgan fingerprint density at radius 2 is 1.95 bits per heavy atom. The number of carbonyl (C=O) groups is 1. The average Bonchev–Trinajstić information content (AvgIpc) is 2.94. The van der Waals surface area contributed by atoms with Gasteiger partial charge in [-0.1, -0.05) is 0 Å². The second-order valence-electron chi connectivity index (χ2n) is 10.6. The van der Waals surface area contributed by atoms with E-state index in [1.165, 1.54) is 12.3 Å². The normalized spacial score (nSPS) is 12.2. The van der Waals surface area contributed by atoms with Gasteiger partial charge in [0.05, 0.1) is 30.0 Å². The molecule has 0 unspecified atom stereocenters. The third-order valence-electron chi connectivity index (χ3n) is 6.15. The van der Waals surface area contributed by atoms with Crippen LogP contribution < -0.4 is 15.8 Å². The smallest absolute Gasteiger partial charge is 0.253 e. The van der Waals surface area contributed by atoms with Crippen LogP contribution >= 0.6 is 0 Å². The van der Waals surface area contributed by atoms with Crippen molar-refractivity contribution in [3.63, 3.8) is 0 Å². The second kappa shape index (κ2) is 14.6. The van der Waals surface area contributed by atoms with Crippen molar-refractivity contribution in [2.45, 2.75) is 39.7 Å². The molecule has 0 atom stereocenters. The standard InChI is InChI=1S/C31H40FN5O4/c1-21-15-22(10-13-40-20-35-24(18-33)19-36-31(2,3)4)26(32)17-29(21)41-28-9-11-34-27-8-7-23(16-25(27)28)30(38)37(5)12-14-39-6/h7-9,11,15-19,35H,10,12-14,20,33H2,1-6H3/b24-18+,36-19?. The molecular formula is C31H40FN5O4. The van der Waals surface area contributed by atoms with Gasteiger partial charge in [0.25, 0.3) is 5.91 Å². The van der Waals surface area contributed by atoms with E-state index in [0.717, 1.165) is 5.56 Å². The predicted molar refractivity (Wildman–Crippen MR) is 160 cm³/mol. The molecule has 9 nitrogen and oxygen atoms in total. The minimum Gasteiger partial charge on any atom is -0.456 e. The lowest BCUT2D eigenvalue weighted by atomic mass is 10.1. The molecule has 0 aliphatic carbocycles. The van der Waals surface area contributed by atoms with Crippen molar-refractivity contribution >= 4 is 23.0 Å². The van der Waals surface area contributed by atoms with Crippen LogP contribution in [-0.4, -0.2) is 68.2 Å². The number of aliphatic imine (C=N–C) groups is 1. The zero-order valence-electron chi connectivity index (χ0n) is 24.7. The largest absolute Gasteiger partial charge is 0.456 e. The van der Waals surface area contributed by atoms with Crippen molar-refractivity contribution in [1.82, 2.24) is 15.2 Å². The van der Waals surface area contributed by atoms with Crippen LogP contribution in [0.15, 0.2) is 59.5 Å². The van der Waals surface area contributed by atoms with Crippen molar-refractivity contribution in [3.8, 4) is 11.5 Å². The van der Waals surface area contributed by atoms with Crippen LogP contribution in [0.3, 0.4) is 0 Å². The summed E-state index contributed by atoms with van der Waals surface area (Å²) in [5.74, 6) is 0.325. The first-order valence-corrected chi connectivity index (χ1v) is 13.4. The second-order valence-corrected chi connectivity index (χ2v) is 10.6. The van der Waals surface area contributed by atoms with E-state index < -0.39 is 5.82 Å². The fraction of sp³-hybridized carbons (Fsp3) is 0.387. The van der Waals surface area contributed by atoms with Crippen LogP contribution in [0.5, 0.6) is 11.5 Å². The van der Waals surface area contributed by atoms with Gasteiger partial charge in [0.15, 0.2) is 0 Å².